The Bertz CT molecular complexity index is 683. The number of para-hydroxylation sites is 2. The number of rotatable bonds is 2. The molecule has 3 aromatic rings. The molecule has 0 unspecified atom stereocenters. The van der Waals surface area contributed by atoms with Crippen molar-refractivity contribution in [3.05, 3.63) is 58.4 Å². The van der Waals surface area contributed by atoms with Crippen LogP contribution in [0.3, 0.4) is 0 Å². The van der Waals surface area contributed by atoms with E-state index in [1.807, 2.05) is 54.6 Å². The van der Waals surface area contributed by atoms with Crippen LogP contribution in [0.1, 0.15) is 0 Å². The van der Waals surface area contributed by atoms with Gasteiger partial charge in [0.15, 0.2) is 3.83 Å². The molecule has 0 aliphatic heterocycles. The lowest BCUT2D eigenvalue weighted by molar-refractivity contribution is 1.15. The molecule has 3 rings (SSSR count). The van der Waals surface area contributed by atoms with Crippen molar-refractivity contribution in [3.8, 4) is 0 Å². The monoisotopic (exact) mass is 347 g/mol. The SMILES string of the molecule is Ic1nc(Nc2ccccc2)c2ccccc2n1. The molecule has 0 fully saturated rings. The number of nitrogens with one attached hydrogen (secondary N) is 1. The molecule has 0 spiro atoms. The maximum absolute atomic E-state index is 4.46. The zero-order chi connectivity index (χ0) is 12.4. The van der Waals surface area contributed by atoms with Crippen LogP contribution in [0.25, 0.3) is 10.9 Å². The Labute approximate surface area is 118 Å². The molecule has 0 atom stereocenters. The number of fused-ring (bicyclic) bond motifs is 1. The number of benzene rings is 2. The normalized spacial score (nSPS) is 10.5. The van der Waals surface area contributed by atoms with Crippen LogP contribution in [0, 0.1) is 3.83 Å². The third kappa shape index (κ3) is 2.28. The third-order valence-corrected chi connectivity index (χ3v) is 3.09. The van der Waals surface area contributed by atoms with E-state index in [9.17, 15) is 0 Å². The highest BCUT2D eigenvalue weighted by atomic mass is 127. The number of halogens is 1. The highest BCUT2D eigenvalue weighted by Gasteiger charge is 2.05. The number of nitrogens with zero attached hydrogens (tertiary/aromatic N) is 2. The summed E-state index contributed by atoms with van der Waals surface area (Å²) < 4.78 is 0.740. The molecule has 0 saturated carbocycles. The van der Waals surface area contributed by atoms with E-state index < -0.39 is 0 Å². The molecular formula is C14H10IN3. The van der Waals surface area contributed by atoms with Crippen LogP contribution in [-0.4, -0.2) is 9.97 Å². The second-order valence-corrected chi connectivity index (χ2v) is 4.81. The van der Waals surface area contributed by atoms with Gasteiger partial charge in [-0.05, 0) is 24.3 Å². The minimum absolute atomic E-state index is 0.740. The van der Waals surface area contributed by atoms with E-state index in [-0.39, 0.29) is 0 Å². The van der Waals surface area contributed by atoms with Crippen molar-refractivity contribution in [3.63, 3.8) is 0 Å². The summed E-state index contributed by atoms with van der Waals surface area (Å²) in [5.74, 6) is 0.844. The number of aromatic nitrogens is 2. The average Bonchev–Trinajstić information content (AvgIpc) is 2.40. The molecule has 0 amide bonds. The minimum atomic E-state index is 0.740. The Hall–Kier alpha value is -1.69. The molecule has 3 nitrogen and oxygen atoms in total. The molecule has 2 aromatic carbocycles. The van der Waals surface area contributed by atoms with Gasteiger partial charge < -0.3 is 5.32 Å². The molecular weight excluding hydrogens is 337 g/mol. The van der Waals surface area contributed by atoms with Crippen molar-refractivity contribution in [1.29, 1.82) is 0 Å². The molecule has 0 aliphatic rings. The largest absolute Gasteiger partial charge is 0.340 e. The van der Waals surface area contributed by atoms with Crippen molar-refractivity contribution in [1.82, 2.24) is 9.97 Å². The second kappa shape index (κ2) is 4.89. The maximum Gasteiger partial charge on any atom is 0.193 e. The first kappa shape index (κ1) is 11.4. The molecule has 1 heterocycles. The lowest BCUT2D eigenvalue weighted by atomic mass is 10.2. The van der Waals surface area contributed by atoms with Crippen LogP contribution in [0.2, 0.25) is 0 Å². The summed E-state index contributed by atoms with van der Waals surface area (Å²) >= 11 is 2.13. The fraction of sp³-hybridized carbons (Fsp3) is 0. The minimum Gasteiger partial charge on any atom is -0.340 e. The van der Waals surface area contributed by atoms with Crippen molar-refractivity contribution < 1.29 is 0 Å². The summed E-state index contributed by atoms with van der Waals surface area (Å²) in [6.07, 6.45) is 0. The quantitative estimate of drug-likeness (QED) is 0.563. The van der Waals surface area contributed by atoms with Gasteiger partial charge in [-0.1, -0.05) is 30.3 Å². The third-order valence-electron chi connectivity index (χ3n) is 2.61. The highest BCUT2D eigenvalue weighted by molar-refractivity contribution is 14.1. The number of hydrogen-bond donors (Lipinski definition) is 1. The molecule has 0 aliphatic carbocycles. The predicted molar refractivity (Wildman–Crippen MR) is 82.0 cm³/mol. The van der Waals surface area contributed by atoms with Gasteiger partial charge in [-0.2, -0.15) is 0 Å². The second-order valence-electron chi connectivity index (χ2n) is 3.85. The van der Waals surface area contributed by atoms with Gasteiger partial charge in [-0.25, -0.2) is 9.97 Å². The van der Waals surface area contributed by atoms with Gasteiger partial charge in [0.2, 0.25) is 0 Å². The summed E-state index contributed by atoms with van der Waals surface area (Å²) in [5.41, 5.74) is 1.98. The topological polar surface area (TPSA) is 37.8 Å². The first-order chi connectivity index (χ1) is 8.83. The molecule has 0 saturated heterocycles. The van der Waals surface area contributed by atoms with Gasteiger partial charge in [0, 0.05) is 33.7 Å². The van der Waals surface area contributed by atoms with Crippen molar-refractivity contribution in [2.24, 2.45) is 0 Å². The Morgan fingerprint density at radius 2 is 1.56 bits per heavy atom. The van der Waals surface area contributed by atoms with E-state index >= 15 is 0 Å². The fourth-order valence-corrected chi connectivity index (χ4v) is 2.30. The van der Waals surface area contributed by atoms with Gasteiger partial charge in [0.1, 0.15) is 5.82 Å². The van der Waals surface area contributed by atoms with Crippen molar-refractivity contribution >= 4 is 45.0 Å². The van der Waals surface area contributed by atoms with Crippen LogP contribution < -0.4 is 5.32 Å². The summed E-state index contributed by atoms with van der Waals surface area (Å²) in [6, 6.07) is 18.0. The fourth-order valence-electron chi connectivity index (χ4n) is 1.80. The van der Waals surface area contributed by atoms with Crippen LogP contribution in [-0.2, 0) is 0 Å². The van der Waals surface area contributed by atoms with E-state index in [0.717, 1.165) is 26.2 Å². The van der Waals surface area contributed by atoms with E-state index in [1.54, 1.807) is 0 Å². The van der Waals surface area contributed by atoms with Crippen LogP contribution in [0.5, 0.6) is 0 Å². The summed E-state index contributed by atoms with van der Waals surface area (Å²) in [6.45, 7) is 0. The van der Waals surface area contributed by atoms with Crippen LogP contribution in [0.4, 0.5) is 11.5 Å². The molecule has 0 radical (unpaired) electrons. The molecule has 18 heavy (non-hydrogen) atoms. The Kier molecular flexibility index (Phi) is 3.10. The average molecular weight is 347 g/mol. The molecule has 1 aromatic heterocycles. The molecule has 88 valence electrons. The molecule has 1 N–H and O–H groups in total. The lowest BCUT2D eigenvalue weighted by Gasteiger charge is -2.08. The predicted octanol–water partition coefficient (Wildman–Crippen LogP) is 3.98. The first-order valence-corrected chi connectivity index (χ1v) is 6.65. The lowest BCUT2D eigenvalue weighted by Crippen LogP contribution is -1.98. The van der Waals surface area contributed by atoms with E-state index in [2.05, 4.69) is 37.9 Å². The zero-order valence-electron chi connectivity index (χ0n) is 9.47. The van der Waals surface area contributed by atoms with E-state index in [4.69, 9.17) is 0 Å². The van der Waals surface area contributed by atoms with Gasteiger partial charge in [-0.15, -0.1) is 0 Å². The first-order valence-electron chi connectivity index (χ1n) is 5.57. The van der Waals surface area contributed by atoms with Gasteiger partial charge in [0.05, 0.1) is 5.52 Å². The summed E-state index contributed by atoms with van der Waals surface area (Å²) in [5, 5.41) is 4.36. The van der Waals surface area contributed by atoms with Crippen molar-refractivity contribution in [2.45, 2.75) is 0 Å². The number of hydrogen-bond acceptors (Lipinski definition) is 3. The van der Waals surface area contributed by atoms with Crippen LogP contribution in [0.15, 0.2) is 54.6 Å². The van der Waals surface area contributed by atoms with Gasteiger partial charge in [0.25, 0.3) is 0 Å². The Balaban J connectivity index is 2.11. The zero-order valence-corrected chi connectivity index (χ0v) is 11.6. The standard InChI is InChI=1S/C14H10IN3/c15-14-17-12-9-5-4-8-11(12)13(18-14)16-10-6-2-1-3-7-10/h1-9H,(H,16,17,18). The molecule has 4 heteroatoms. The van der Waals surface area contributed by atoms with E-state index in [1.165, 1.54) is 0 Å². The smallest absolute Gasteiger partial charge is 0.193 e. The van der Waals surface area contributed by atoms with Crippen molar-refractivity contribution in [2.75, 3.05) is 5.32 Å². The van der Waals surface area contributed by atoms with Gasteiger partial charge >= 0.3 is 0 Å². The Morgan fingerprint density at radius 1 is 0.833 bits per heavy atom. The molecule has 0 bridgehead atoms. The maximum atomic E-state index is 4.46. The summed E-state index contributed by atoms with van der Waals surface area (Å²) in [7, 11) is 0. The number of anilines is 2. The van der Waals surface area contributed by atoms with E-state index in [0.29, 0.717) is 0 Å². The summed E-state index contributed by atoms with van der Waals surface area (Å²) in [4.78, 5) is 8.87. The Morgan fingerprint density at radius 3 is 2.39 bits per heavy atom. The van der Waals surface area contributed by atoms with Gasteiger partial charge in [-0.3, -0.25) is 0 Å². The van der Waals surface area contributed by atoms with Crippen LogP contribution >= 0.6 is 22.6 Å². The highest BCUT2D eigenvalue weighted by Crippen LogP contribution is 2.23.